The Morgan fingerprint density at radius 2 is 1.75 bits per heavy atom. The molecule has 0 unspecified atom stereocenters. The summed E-state index contributed by atoms with van der Waals surface area (Å²) < 4.78 is 34.9. The molecule has 12 heavy (non-hydrogen) atoms. The molecule has 0 aromatic carbocycles. The first-order valence-corrected chi connectivity index (χ1v) is 3.24. The summed E-state index contributed by atoms with van der Waals surface area (Å²) in [5.74, 6) is 0. The highest BCUT2D eigenvalue weighted by atomic mass is 19.4. The number of hydrogen-bond acceptors (Lipinski definition) is 1. The number of aromatic nitrogens is 1. The molecule has 64 valence electrons. The van der Waals surface area contributed by atoms with Gasteiger partial charge in [0, 0.05) is 18.5 Å². The van der Waals surface area contributed by atoms with E-state index in [1.54, 1.807) is 0 Å². The highest BCUT2D eigenvalue weighted by Gasteiger charge is 2.21. The third-order valence-corrected chi connectivity index (χ3v) is 1.17. The molecule has 0 spiro atoms. The van der Waals surface area contributed by atoms with Crippen molar-refractivity contribution in [3.63, 3.8) is 0 Å². The second-order valence-corrected chi connectivity index (χ2v) is 2.16. The molecule has 0 atom stereocenters. The zero-order valence-electron chi connectivity index (χ0n) is 6.05. The van der Waals surface area contributed by atoms with Gasteiger partial charge >= 0.3 is 6.18 Å². The summed E-state index contributed by atoms with van der Waals surface area (Å²) >= 11 is 0. The van der Waals surface area contributed by atoms with Crippen LogP contribution < -0.4 is 0 Å². The molecule has 0 aliphatic carbocycles. The highest BCUT2D eigenvalue weighted by Crippen LogP contribution is 2.17. The molecule has 0 radical (unpaired) electrons. The Bertz CT molecular complexity index is 263. The van der Waals surface area contributed by atoms with Crippen LogP contribution in [0.15, 0.2) is 30.6 Å². The van der Waals surface area contributed by atoms with Crippen LogP contribution in [-0.2, 0) is 0 Å². The summed E-state index contributed by atoms with van der Waals surface area (Å²) in [6.07, 6.45) is -0.167. The van der Waals surface area contributed by atoms with Gasteiger partial charge in [0.2, 0.25) is 0 Å². The molecular formula is C8H6F3N. The molecule has 0 saturated carbocycles. The largest absolute Gasteiger partial charge is 0.409 e. The summed E-state index contributed by atoms with van der Waals surface area (Å²) in [4.78, 5) is 3.67. The van der Waals surface area contributed by atoms with Crippen molar-refractivity contribution >= 4 is 6.08 Å². The monoisotopic (exact) mass is 173 g/mol. The number of hydrogen-bond donors (Lipinski definition) is 0. The SMILES string of the molecule is FC(F)(F)C=Cc1ccncc1. The average Bonchev–Trinajstić information content (AvgIpc) is 2.02. The van der Waals surface area contributed by atoms with E-state index in [0.29, 0.717) is 5.56 Å². The molecule has 1 rings (SSSR count). The van der Waals surface area contributed by atoms with Gasteiger partial charge in [-0.3, -0.25) is 4.98 Å². The number of halogens is 3. The van der Waals surface area contributed by atoms with E-state index in [-0.39, 0.29) is 6.08 Å². The fraction of sp³-hybridized carbons (Fsp3) is 0.125. The average molecular weight is 173 g/mol. The van der Waals surface area contributed by atoms with Gasteiger partial charge in [-0.2, -0.15) is 13.2 Å². The van der Waals surface area contributed by atoms with Gasteiger partial charge in [-0.1, -0.05) is 0 Å². The Hall–Kier alpha value is -1.32. The van der Waals surface area contributed by atoms with Gasteiger partial charge in [0.1, 0.15) is 0 Å². The molecule has 4 heteroatoms. The fourth-order valence-electron chi connectivity index (χ4n) is 0.665. The van der Waals surface area contributed by atoms with Gasteiger partial charge in [-0.05, 0) is 23.8 Å². The minimum absolute atomic E-state index is 0.197. The van der Waals surface area contributed by atoms with Crippen LogP contribution in [0.3, 0.4) is 0 Å². The van der Waals surface area contributed by atoms with E-state index in [9.17, 15) is 13.2 Å². The van der Waals surface area contributed by atoms with E-state index in [2.05, 4.69) is 4.98 Å². The molecule has 0 amide bonds. The summed E-state index contributed by atoms with van der Waals surface area (Å²) in [6.45, 7) is 0. The lowest BCUT2D eigenvalue weighted by Gasteiger charge is -1.96. The topological polar surface area (TPSA) is 12.9 Å². The van der Waals surface area contributed by atoms with Gasteiger partial charge in [0.05, 0.1) is 0 Å². The maximum atomic E-state index is 11.6. The maximum absolute atomic E-state index is 11.6. The summed E-state index contributed by atoms with van der Waals surface area (Å²) in [5, 5.41) is 0. The zero-order chi connectivity index (χ0) is 9.03. The first kappa shape index (κ1) is 8.77. The standard InChI is InChI=1S/C8H6F3N/c9-8(10,11)4-1-7-2-5-12-6-3-7/h1-6H. The first-order valence-electron chi connectivity index (χ1n) is 3.24. The molecule has 0 saturated heterocycles. The van der Waals surface area contributed by atoms with Gasteiger partial charge in [0.15, 0.2) is 0 Å². The second-order valence-electron chi connectivity index (χ2n) is 2.16. The minimum atomic E-state index is -4.25. The van der Waals surface area contributed by atoms with Crippen molar-refractivity contribution < 1.29 is 13.2 Å². The Kier molecular flexibility index (Phi) is 2.47. The van der Waals surface area contributed by atoms with Crippen molar-refractivity contribution in [2.24, 2.45) is 0 Å². The Morgan fingerprint density at radius 1 is 1.17 bits per heavy atom. The van der Waals surface area contributed by atoms with Crippen LogP contribution in [0, 0.1) is 0 Å². The van der Waals surface area contributed by atoms with Crippen LogP contribution in [0.2, 0.25) is 0 Å². The van der Waals surface area contributed by atoms with Crippen LogP contribution in [0.5, 0.6) is 0 Å². The fourth-order valence-corrected chi connectivity index (χ4v) is 0.665. The lowest BCUT2D eigenvalue weighted by Crippen LogP contribution is -1.99. The summed E-state index contributed by atoms with van der Waals surface area (Å²) in [7, 11) is 0. The number of nitrogens with zero attached hydrogens (tertiary/aromatic N) is 1. The van der Waals surface area contributed by atoms with E-state index in [1.165, 1.54) is 24.5 Å². The third-order valence-electron chi connectivity index (χ3n) is 1.17. The first-order chi connectivity index (χ1) is 5.58. The van der Waals surface area contributed by atoms with Crippen LogP contribution >= 0.6 is 0 Å². The molecule has 1 aromatic heterocycles. The number of allylic oxidation sites excluding steroid dienone is 1. The quantitative estimate of drug-likeness (QED) is 0.636. The molecule has 1 heterocycles. The molecule has 0 aliphatic rings. The van der Waals surface area contributed by atoms with Crippen molar-refractivity contribution in [2.75, 3.05) is 0 Å². The number of rotatable bonds is 1. The predicted molar refractivity (Wildman–Crippen MR) is 39.3 cm³/mol. The smallest absolute Gasteiger partial charge is 0.265 e. The molecule has 1 aromatic rings. The van der Waals surface area contributed by atoms with E-state index >= 15 is 0 Å². The van der Waals surface area contributed by atoms with Gasteiger partial charge in [0.25, 0.3) is 0 Å². The van der Waals surface area contributed by atoms with Gasteiger partial charge in [-0.25, -0.2) is 0 Å². The van der Waals surface area contributed by atoms with Crippen molar-refractivity contribution in [3.8, 4) is 0 Å². The number of pyridine rings is 1. The predicted octanol–water partition coefficient (Wildman–Crippen LogP) is 2.66. The van der Waals surface area contributed by atoms with Crippen molar-refractivity contribution in [2.45, 2.75) is 6.18 Å². The summed E-state index contributed by atoms with van der Waals surface area (Å²) in [6, 6.07) is 3.00. The van der Waals surface area contributed by atoms with Crippen molar-refractivity contribution in [3.05, 3.63) is 36.2 Å². The van der Waals surface area contributed by atoms with Crippen molar-refractivity contribution in [1.82, 2.24) is 4.98 Å². The molecular weight excluding hydrogens is 167 g/mol. The molecule has 0 aliphatic heterocycles. The molecule has 1 nitrogen and oxygen atoms in total. The lowest BCUT2D eigenvalue weighted by atomic mass is 10.2. The van der Waals surface area contributed by atoms with Gasteiger partial charge < -0.3 is 0 Å². The van der Waals surface area contributed by atoms with Crippen molar-refractivity contribution in [1.29, 1.82) is 0 Å². The van der Waals surface area contributed by atoms with E-state index in [1.807, 2.05) is 0 Å². The molecule has 0 fully saturated rings. The maximum Gasteiger partial charge on any atom is 0.409 e. The highest BCUT2D eigenvalue weighted by molar-refractivity contribution is 5.48. The second kappa shape index (κ2) is 3.38. The van der Waals surface area contributed by atoms with E-state index in [4.69, 9.17) is 0 Å². The number of alkyl halides is 3. The Balaban J connectivity index is 2.71. The molecule has 0 bridgehead atoms. The summed E-state index contributed by atoms with van der Waals surface area (Å²) in [5.41, 5.74) is 0.488. The van der Waals surface area contributed by atoms with Crippen LogP contribution in [-0.4, -0.2) is 11.2 Å². The van der Waals surface area contributed by atoms with Crippen LogP contribution in [0.25, 0.3) is 6.08 Å². The Labute approximate surface area is 67.6 Å². The minimum Gasteiger partial charge on any atom is -0.265 e. The van der Waals surface area contributed by atoms with Crippen LogP contribution in [0.4, 0.5) is 13.2 Å². The normalized spacial score (nSPS) is 12.2. The van der Waals surface area contributed by atoms with E-state index < -0.39 is 6.18 Å². The van der Waals surface area contributed by atoms with E-state index in [0.717, 1.165) is 6.08 Å². The third kappa shape index (κ3) is 3.18. The molecule has 0 N–H and O–H groups in total. The lowest BCUT2D eigenvalue weighted by molar-refractivity contribution is -0.0790. The van der Waals surface area contributed by atoms with Crippen LogP contribution in [0.1, 0.15) is 5.56 Å². The Morgan fingerprint density at radius 3 is 2.25 bits per heavy atom. The zero-order valence-corrected chi connectivity index (χ0v) is 6.05. The van der Waals surface area contributed by atoms with Gasteiger partial charge in [-0.15, -0.1) is 0 Å².